The fourth-order valence-corrected chi connectivity index (χ4v) is 5.60. The third kappa shape index (κ3) is 5.54. The van der Waals surface area contributed by atoms with Gasteiger partial charge in [0.05, 0.1) is 24.4 Å². The predicted molar refractivity (Wildman–Crippen MR) is 153 cm³/mol. The molecule has 0 radical (unpaired) electrons. The van der Waals surface area contributed by atoms with Crippen LogP contribution in [0.4, 0.5) is 5.69 Å². The van der Waals surface area contributed by atoms with Crippen molar-refractivity contribution >= 4 is 23.2 Å². The summed E-state index contributed by atoms with van der Waals surface area (Å²) in [4.78, 5) is 17.5. The van der Waals surface area contributed by atoms with E-state index in [1.165, 1.54) is 5.56 Å². The monoisotopic (exact) mass is 542 g/mol. The first-order valence-electron chi connectivity index (χ1n) is 13.3. The molecule has 200 valence electrons. The van der Waals surface area contributed by atoms with Crippen LogP contribution >= 0.6 is 11.6 Å². The highest BCUT2D eigenvalue weighted by Crippen LogP contribution is 2.34. The molecule has 2 aliphatic rings. The number of benzene rings is 3. The Morgan fingerprint density at radius 1 is 0.949 bits per heavy atom. The van der Waals surface area contributed by atoms with Gasteiger partial charge in [0, 0.05) is 50.4 Å². The zero-order chi connectivity index (χ0) is 26.8. The molecular weight excluding hydrogens is 512 g/mol. The van der Waals surface area contributed by atoms with Crippen LogP contribution in [0, 0.1) is 0 Å². The van der Waals surface area contributed by atoms with Gasteiger partial charge in [0.15, 0.2) is 5.82 Å². The van der Waals surface area contributed by atoms with Gasteiger partial charge in [-0.3, -0.25) is 19.2 Å². The molecule has 6 rings (SSSR count). The lowest BCUT2D eigenvalue weighted by Crippen LogP contribution is -2.48. The smallest absolute Gasteiger partial charge is 0.238 e. The minimum atomic E-state index is 0.0103. The minimum Gasteiger partial charge on any atom is -0.497 e. The number of aromatic nitrogens is 3. The number of methoxy groups -OCH3 is 1. The molecule has 1 amide bonds. The van der Waals surface area contributed by atoms with Crippen LogP contribution in [0.25, 0.3) is 17.1 Å². The van der Waals surface area contributed by atoms with Crippen molar-refractivity contribution in [2.75, 3.05) is 45.2 Å². The molecule has 2 aliphatic heterocycles. The fraction of sp³-hybridized carbons (Fsp3) is 0.300. The molecule has 39 heavy (non-hydrogen) atoms. The Balaban J connectivity index is 1.06. The lowest BCUT2D eigenvalue weighted by Gasteiger charge is -2.34. The third-order valence-electron chi connectivity index (χ3n) is 7.46. The number of aryl methyl sites for hydroxylation is 2. The maximum atomic E-state index is 12.9. The number of nitrogens with zero attached hydrogens (tertiary/aromatic N) is 5. The summed E-state index contributed by atoms with van der Waals surface area (Å²) in [7, 11) is 1.68. The summed E-state index contributed by atoms with van der Waals surface area (Å²) in [5, 5.41) is 12.6. The number of ether oxygens (including phenoxy) is 1. The molecule has 3 aromatic carbocycles. The molecule has 0 bridgehead atoms. The van der Waals surface area contributed by atoms with Gasteiger partial charge in [-0.25, -0.2) is 0 Å². The number of piperazine rings is 1. The first-order valence-corrected chi connectivity index (χ1v) is 13.6. The van der Waals surface area contributed by atoms with E-state index in [1.807, 2.05) is 48.5 Å². The number of carbonyl (C=O) groups is 1. The minimum absolute atomic E-state index is 0.0103. The van der Waals surface area contributed by atoms with Gasteiger partial charge in [-0.1, -0.05) is 35.9 Å². The average molecular weight is 543 g/mol. The van der Waals surface area contributed by atoms with E-state index < -0.39 is 0 Å². The molecule has 1 saturated heterocycles. The predicted octanol–water partition coefficient (Wildman–Crippen LogP) is 4.45. The van der Waals surface area contributed by atoms with E-state index in [9.17, 15) is 4.79 Å². The molecule has 0 atom stereocenters. The standard InChI is InChI=1S/C30H31ClN6O2/c1-39-24-10-6-21(7-11-24)19-35-14-16-36(17-15-35)20-29(38)32-23-9-12-27-22(18-23)8-13-28-33-34-30(37(27)28)25-4-2-3-5-26(25)31/h2-7,9-12,18H,8,13-17,19-20H2,1H3,(H,32,38). The number of halogens is 1. The highest BCUT2D eigenvalue weighted by atomic mass is 35.5. The van der Waals surface area contributed by atoms with Gasteiger partial charge in [0.1, 0.15) is 11.6 Å². The Morgan fingerprint density at radius 2 is 1.72 bits per heavy atom. The highest BCUT2D eigenvalue weighted by Gasteiger charge is 2.24. The zero-order valence-electron chi connectivity index (χ0n) is 21.9. The lowest BCUT2D eigenvalue weighted by atomic mass is 10.0. The van der Waals surface area contributed by atoms with Crippen molar-refractivity contribution in [3.8, 4) is 22.8 Å². The van der Waals surface area contributed by atoms with Gasteiger partial charge < -0.3 is 10.1 Å². The van der Waals surface area contributed by atoms with E-state index in [0.29, 0.717) is 11.6 Å². The number of fused-ring (bicyclic) bond motifs is 3. The second-order valence-electron chi connectivity index (χ2n) is 10.0. The fourth-order valence-electron chi connectivity index (χ4n) is 5.37. The van der Waals surface area contributed by atoms with Gasteiger partial charge in [-0.2, -0.15) is 0 Å². The summed E-state index contributed by atoms with van der Waals surface area (Å²) in [5.41, 5.74) is 5.12. The molecule has 0 aliphatic carbocycles. The van der Waals surface area contributed by atoms with Crippen LogP contribution in [-0.2, 0) is 24.2 Å². The summed E-state index contributed by atoms with van der Waals surface area (Å²) in [6.45, 7) is 4.91. The number of anilines is 1. The van der Waals surface area contributed by atoms with Gasteiger partial charge in [-0.05, 0) is 60.0 Å². The van der Waals surface area contributed by atoms with Crippen molar-refractivity contribution in [3.63, 3.8) is 0 Å². The maximum Gasteiger partial charge on any atom is 0.238 e. The normalized spacial score (nSPS) is 15.4. The molecule has 1 fully saturated rings. The highest BCUT2D eigenvalue weighted by molar-refractivity contribution is 6.33. The maximum absolute atomic E-state index is 12.9. The molecule has 1 N–H and O–H groups in total. The van der Waals surface area contributed by atoms with Crippen LogP contribution in [0.1, 0.15) is 17.0 Å². The number of carbonyl (C=O) groups excluding carboxylic acids is 1. The molecule has 0 saturated carbocycles. The van der Waals surface area contributed by atoms with Crippen LogP contribution in [0.15, 0.2) is 66.7 Å². The van der Waals surface area contributed by atoms with Gasteiger partial charge >= 0.3 is 0 Å². The van der Waals surface area contributed by atoms with E-state index in [0.717, 1.165) is 85.5 Å². The third-order valence-corrected chi connectivity index (χ3v) is 7.79. The average Bonchev–Trinajstić information content (AvgIpc) is 3.39. The first-order chi connectivity index (χ1) is 19.1. The van der Waals surface area contributed by atoms with Crippen molar-refractivity contribution in [2.45, 2.75) is 19.4 Å². The molecule has 0 unspecified atom stereocenters. The van der Waals surface area contributed by atoms with Gasteiger partial charge in [0.2, 0.25) is 5.91 Å². The number of amides is 1. The summed E-state index contributed by atoms with van der Waals surface area (Å²) >= 11 is 6.46. The summed E-state index contributed by atoms with van der Waals surface area (Å²) in [6, 6.07) is 22.0. The zero-order valence-corrected chi connectivity index (χ0v) is 22.7. The van der Waals surface area contributed by atoms with Crippen molar-refractivity contribution in [2.24, 2.45) is 0 Å². The molecule has 8 nitrogen and oxygen atoms in total. The van der Waals surface area contributed by atoms with Crippen LogP contribution in [0.3, 0.4) is 0 Å². The second kappa shape index (κ2) is 11.2. The number of nitrogens with one attached hydrogen (secondary N) is 1. The topological polar surface area (TPSA) is 75.5 Å². The van der Waals surface area contributed by atoms with Crippen LogP contribution in [0.2, 0.25) is 5.02 Å². The molecular formula is C30H31ClN6O2. The van der Waals surface area contributed by atoms with Crippen LogP contribution in [0.5, 0.6) is 5.75 Å². The van der Waals surface area contributed by atoms with Gasteiger partial charge in [-0.15, -0.1) is 10.2 Å². The molecule has 4 aromatic rings. The Kier molecular flexibility index (Phi) is 7.32. The largest absolute Gasteiger partial charge is 0.497 e. The molecule has 9 heteroatoms. The summed E-state index contributed by atoms with van der Waals surface area (Å²) < 4.78 is 7.33. The number of hydrogen-bond donors (Lipinski definition) is 1. The van der Waals surface area contributed by atoms with Crippen LogP contribution in [-0.4, -0.2) is 70.3 Å². The molecule has 3 heterocycles. The Bertz CT molecular complexity index is 1480. The SMILES string of the molecule is COc1ccc(CN2CCN(CC(=O)Nc3ccc4c(c3)CCc3nnc(-c5ccccc5Cl)n3-4)CC2)cc1. The number of rotatable bonds is 7. The van der Waals surface area contributed by atoms with E-state index in [2.05, 4.69) is 48.1 Å². The van der Waals surface area contributed by atoms with Crippen LogP contribution < -0.4 is 10.1 Å². The summed E-state index contributed by atoms with van der Waals surface area (Å²) in [5.74, 6) is 2.54. The van der Waals surface area contributed by atoms with Crippen molar-refractivity contribution in [3.05, 3.63) is 88.7 Å². The van der Waals surface area contributed by atoms with Gasteiger partial charge in [0.25, 0.3) is 0 Å². The van der Waals surface area contributed by atoms with E-state index in [4.69, 9.17) is 16.3 Å². The second-order valence-corrected chi connectivity index (χ2v) is 10.5. The quantitative estimate of drug-likeness (QED) is 0.372. The molecule has 0 spiro atoms. The summed E-state index contributed by atoms with van der Waals surface area (Å²) in [6.07, 6.45) is 1.62. The van der Waals surface area contributed by atoms with Crippen molar-refractivity contribution in [1.82, 2.24) is 24.6 Å². The Labute approximate surface area is 233 Å². The molecule has 1 aromatic heterocycles. The Hall–Kier alpha value is -3.72. The lowest BCUT2D eigenvalue weighted by molar-refractivity contribution is -0.117. The Morgan fingerprint density at radius 3 is 2.49 bits per heavy atom. The van der Waals surface area contributed by atoms with Crippen molar-refractivity contribution < 1.29 is 9.53 Å². The van der Waals surface area contributed by atoms with Crippen molar-refractivity contribution in [1.29, 1.82) is 0 Å². The van der Waals surface area contributed by atoms with E-state index >= 15 is 0 Å². The van der Waals surface area contributed by atoms with E-state index in [-0.39, 0.29) is 5.91 Å². The van der Waals surface area contributed by atoms with E-state index in [1.54, 1.807) is 7.11 Å². The number of hydrogen-bond acceptors (Lipinski definition) is 6. The first kappa shape index (κ1) is 25.6.